The van der Waals surface area contributed by atoms with E-state index in [1.165, 1.54) is 27.7 Å². The Morgan fingerprint density at radius 3 is 2.67 bits per heavy atom. The number of carbonyl (C=O) groups is 4. The summed E-state index contributed by atoms with van der Waals surface area (Å²) in [4.78, 5) is 56.3. The van der Waals surface area contributed by atoms with Crippen molar-refractivity contribution in [3.05, 3.63) is 29.3 Å². The number of nitrogens with zero attached hydrogens (tertiary/aromatic N) is 9. The van der Waals surface area contributed by atoms with Crippen molar-refractivity contribution < 1.29 is 24.3 Å². The van der Waals surface area contributed by atoms with Crippen LogP contribution in [0, 0.1) is 11.8 Å². The highest BCUT2D eigenvalue weighted by Crippen LogP contribution is 2.51. The fraction of sp³-hybridized carbons (Fsp3) is 0.609. The summed E-state index contributed by atoms with van der Waals surface area (Å²) < 4.78 is 1.28. The summed E-state index contributed by atoms with van der Waals surface area (Å²) in [5.41, 5.74) is 0.00282. The van der Waals surface area contributed by atoms with Crippen molar-refractivity contribution in [2.75, 3.05) is 19.6 Å². The average molecular weight is 572 g/mol. The first-order chi connectivity index (χ1) is 19.2. The molecule has 0 aromatic carbocycles. The zero-order valence-electron chi connectivity index (χ0n) is 21.8. The van der Waals surface area contributed by atoms with Crippen molar-refractivity contribution >= 4 is 35.5 Å². The highest BCUT2D eigenvalue weighted by molar-refractivity contribution is 8.03. The Kier molecular flexibility index (Phi) is 6.77. The molecule has 4 aliphatic heterocycles. The molecule has 2 aromatic heterocycles. The van der Waals surface area contributed by atoms with Crippen molar-refractivity contribution in [3.8, 4) is 0 Å². The summed E-state index contributed by atoms with van der Waals surface area (Å²) in [5.74, 6) is -2.60. The topological polar surface area (TPSA) is 193 Å². The normalized spacial score (nSPS) is 28.8. The highest BCUT2D eigenvalue weighted by atomic mass is 32.2. The predicted molar refractivity (Wildman–Crippen MR) is 137 cm³/mol. The molecule has 17 heteroatoms. The fourth-order valence-corrected chi connectivity index (χ4v) is 7.54. The lowest BCUT2D eigenvalue weighted by atomic mass is 9.78. The van der Waals surface area contributed by atoms with Crippen LogP contribution in [0.3, 0.4) is 0 Å². The number of tetrazole rings is 1. The third-order valence-electron chi connectivity index (χ3n) is 8.04. The molecule has 212 valence electrons. The molecular weight excluding hydrogens is 542 g/mol. The molecule has 0 bridgehead atoms. The maximum Gasteiger partial charge on any atom is 0.353 e. The zero-order valence-corrected chi connectivity index (χ0v) is 22.6. The van der Waals surface area contributed by atoms with Gasteiger partial charge in [0.25, 0.3) is 0 Å². The Morgan fingerprint density at radius 2 is 2.00 bits per heavy atom. The summed E-state index contributed by atoms with van der Waals surface area (Å²) in [5, 5.41) is 35.1. The van der Waals surface area contributed by atoms with Gasteiger partial charge in [0.05, 0.1) is 30.4 Å². The van der Waals surface area contributed by atoms with Crippen LogP contribution in [0.15, 0.2) is 29.3 Å². The van der Waals surface area contributed by atoms with Gasteiger partial charge in [-0.2, -0.15) is 15.0 Å². The van der Waals surface area contributed by atoms with E-state index in [1.807, 2.05) is 6.92 Å². The van der Waals surface area contributed by atoms with Gasteiger partial charge < -0.3 is 25.5 Å². The van der Waals surface area contributed by atoms with E-state index in [9.17, 15) is 24.3 Å². The van der Waals surface area contributed by atoms with Crippen molar-refractivity contribution in [3.63, 3.8) is 0 Å². The summed E-state index contributed by atoms with van der Waals surface area (Å²) in [6.07, 6.45) is 5.10. The second-order valence-electron chi connectivity index (χ2n) is 10.6. The summed E-state index contributed by atoms with van der Waals surface area (Å²) in [7, 11) is 0. The number of thioether (sulfide) groups is 1. The van der Waals surface area contributed by atoms with E-state index in [-0.39, 0.29) is 59.3 Å². The number of carbonyl (C=O) groups excluding carboxylic acids is 3. The quantitative estimate of drug-likeness (QED) is 0.283. The van der Waals surface area contributed by atoms with Crippen LogP contribution in [0.25, 0.3) is 0 Å². The molecule has 3 amide bonds. The first-order valence-corrected chi connectivity index (χ1v) is 14.0. The number of aromatic nitrogens is 7. The number of carboxylic acids is 1. The molecule has 6 atom stereocenters. The maximum atomic E-state index is 13.2. The second kappa shape index (κ2) is 10.3. The predicted octanol–water partition coefficient (Wildman–Crippen LogP) is -1.91. The highest BCUT2D eigenvalue weighted by Gasteiger charge is 2.60. The number of hydrogen-bond donors (Lipinski definition) is 3. The molecule has 0 saturated carbocycles. The van der Waals surface area contributed by atoms with Gasteiger partial charge in [-0.1, -0.05) is 6.92 Å². The average Bonchev–Trinajstić information content (AvgIpc) is 3.67. The molecule has 16 nitrogen and oxygen atoms in total. The van der Waals surface area contributed by atoms with Gasteiger partial charge in [0, 0.05) is 41.7 Å². The standard InChI is InChI=1S/C23H29N11O5S/c1-11-18-17(12(2)28-16(35)9-32-10-25-29-30-32)22(37)33(18)19(23(38)39)20(11)40-14-5-15(24-6-14)21(36)31-7-13(8-31)34-26-3-4-27-34/h3-4,10-15,17-18,24H,5-9H2,1-2H3,(H,28,35)(H,38,39)/t11-,12-,14+,15+,17-,18-/m1/s1. The van der Waals surface area contributed by atoms with Crippen LogP contribution in [0.4, 0.5) is 0 Å². The lowest BCUT2D eigenvalue weighted by Crippen LogP contribution is -2.66. The molecule has 0 spiro atoms. The number of hydrogen-bond acceptors (Lipinski definition) is 11. The van der Waals surface area contributed by atoms with E-state index in [1.54, 1.807) is 29.0 Å². The van der Waals surface area contributed by atoms with Gasteiger partial charge in [0.2, 0.25) is 17.7 Å². The van der Waals surface area contributed by atoms with Gasteiger partial charge in [-0.3, -0.25) is 14.4 Å². The Bertz CT molecular complexity index is 1340. The van der Waals surface area contributed by atoms with Crippen molar-refractivity contribution in [2.24, 2.45) is 11.8 Å². The molecule has 0 radical (unpaired) electrons. The van der Waals surface area contributed by atoms with Crippen molar-refractivity contribution in [1.82, 2.24) is 55.6 Å². The van der Waals surface area contributed by atoms with Crippen LogP contribution < -0.4 is 10.6 Å². The van der Waals surface area contributed by atoms with Crippen LogP contribution in [-0.2, 0) is 25.7 Å². The smallest absolute Gasteiger partial charge is 0.353 e. The number of likely N-dealkylation sites (tertiary alicyclic amines) is 1. The van der Waals surface area contributed by atoms with Crippen molar-refractivity contribution in [2.45, 2.75) is 56.2 Å². The minimum atomic E-state index is -1.16. The number of β-lactam (4-membered cyclic amide) rings is 1. The van der Waals surface area contributed by atoms with Gasteiger partial charge in [-0.15, -0.1) is 16.9 Å². The summed E-state index contributed by atoms with van der Waals surface area (Å²) >= 11 is 1.43. The molecule has 6 rings (SSSR count). The fourth-order valence-electron chi connectivity index (χ4n) is 6.06. The monoisotopic (exact) mass is 571 g/mol. The van der Waals surface area contributed by atoms with Crippen LogP contribution >= 0.6 is 11.8 Å². The molecule has 4 aliphatic rings. The molecule has 0 aliphatic carbocycles. The van der Waals surface area contributed by atoms with Crippen LogP contribution in [0.5, 0.6) is 0 Å². The molecule has 3 saturated heterocycles. The number of fused-ring (bicyclic) bond motifs is 1. The largest absolute Gasteiger partial charge is 0.477 e. The zero-order chi connectivity index (χ0) is 28.1. The Balaban J connectivity index is 1.07. The lowest BCUT2D eigenvalue weighted by molar-refractivity contribution is -0.158. The van der Waals surface area contributed by atoms with E-state index in [2.05, 4.69) is 36.4 Å². The van der Waals surface area contributed by atoms with E-state index >= 15 is 0 Å². The number of carboxylic acid groups (broad SMARTS) is 1. The van der Waals surface area contributed by atoms with E-state index in [4.69, 9.17) is 0 Å². The first-order valence-electron chi connectivity index (χ1n) is 13.1. The van der Waals surface area contributed by atoms with Crippen LogP contribution in [0.1, 0.15) is 26.3 Å². The minimum Gasteiger partial charge on any atom is -0.477 e. The van der Waals surface area contributed by atoms with Gasteiger partial charge >= 0.3 is 5.97 Å². The Hall–Kier alpha value is -3.86. The second-order valence-corrected chi connectivity index (χ2v) is 11.9. The molecule has 0 unspecified atom stereocenters. The Morgan fingerprint density at radius 1 is 1.25 bits per heavy atom. The van der Waals surface area contributed by atoms with Crippen LogP contribution in [-0.4, -0.2) is 117 Å². The molecule has 2 aromatic rings. The molecule has 40 heavy (non-hydrogen) atoms. The first kappa shape index (κ1) is 26.4. The van der Waals surface area contributed by atoms with Crippen LogP contribution in [0.2, 0.25) is 0 Å². The van der Waals surface area contributed by atoms with Gasteiger partial charge in [0.15, 0.2) is 0 Å². The third-order valence-corrected chi connectivity index (χ3v) is 9.55. The third kappa shape index (κ3) is 4.51. The van der Waals surface area contributed by atoms with Gasteiger partial charge in [0.1, 0.15) is 24.6 Å². The lowest BCUT2D eigenvalue weighted by Gasteiger charge is -2.47. The number of rotatable bonds is 9. The van der Waals surface area contributed by atoms with Crippen molar-refractivity contribution in [1.29, 1.82) is 0 Å². The summed E-state index contributed by atoms with van der Waals surface area (Å²) in [6.45, 7) is 5.23. The number of amides is 3. The van der Waals surface area contributed by atoms with E-state index in [0.29, 0.717) is 31.0 Å². The molecule has 3 N–H and O–H groups in total. The molecule has 3 fully saturated rings. The molecule has 6 heterocycles. The minimum absolute atomic E-state index is 0.00282. The Labute approximate surface area is 232 Å². The van der Waals surface area contributed by atoms with Gasteiger partial charge in [-0.25, -0.2) is 9.48 Å². The number of aliphatic carboxylic acids is 1. The summed E-state index contributed by atoms with van der Waals surface area (Å²) in [6, 6.07) is -1.15. The molecular formula is C23H29N11O5S. The van der Waals surface area contributed by atoms with Gasteiger partial charge in [-0.05, 0) is 23.8 Å². The van der Waals surface area contributed by atoms with E-state index in [0.717, 1.165) is 0 Å². The SMILES string of the molecule is C[C@@H](NC(=O)Cn1cnnn1)[C@H]1C(=O)N2C(C(=O)O)=C(S[C@@H]3CN[C@H](C(=O)N4CC(n5nccn5)C4)C3)[C@H](C)[C@H]12. The number of nitrogens with one attached hydrogen (secondary N) is 2. The van der Waals surface area contributed by atoms with E-state index < -0.39 is 17.9 Å². The maximum absolute atomic E-state index is 13.2.